The van der Waals surface area contributed by atoms with Crippen molar-refractivity contribution >= 4 is 23.1 Å². The van der Waals surface area contributed by atoms with E-state index < -0.39 is 0 Å². The molecular formula is C14H19FN2OS. The molecule has 0 aromatic heterocycles. The molecule has 104 valence electrons. The Labute approximate surface area is 118 Å². The molecule has 2 N–H and O–H groups in total. The van der Waals surface area contributed by atoms with Crippen LogP contribution in [-0.2, 0) is 11.2 Å². The minimum atomic E-state index is -0.300. The fourth-order valence-corrected chi connectivity index (χ4v) is 1.79. The summed E-state index contributed by atoms with van der Waals surface area (Å²) in [5.41, 5.74) is 6.36. The topological polar surface area (TPSA) is 46.3 Å². The fraction of sp³-hybridized carbons (Fsp3) is 0.429. The number of benzene rings is 1. The van der Waals surface area contributed by atoms with Crippen LogP contribution in [0.3, 0.4) is 0 Å². The van der Waals surface area contributed by atoms with Crippen LogP contribution in [0.15, 0.2) is 24.3 Å². The maximum atomic E-state index is 12.8. The molecule has 1 amide bonds. The zero-order valence-electron chi connectivity index (χ0n) is 11.2. The molecule has 0 aliphatic rings. The third-order valence-corrected chi connectivity index (χ3v) is 3.39. The van der Waals surface area contributed by atoms with E-state index in [9.17, 15) is 9.18 Å². The summed E-state index contributed by atoms with van der Waals surface area (Å²) >= 11 is 4.91. The van der Waals surface area contributed by atoms with Crippen molar-refractivity contribution in [3.8, 4) is 0 Å². The first-order valence-electron chi connectivity index (χ1n) is 6.25. The van der Waals surface area contributed by atoms with Crippen molar-refractivity contribution in [2.24, 2.45) is 11.7 Å². The largest absolute Gasteiger partial charge is 0.393 e. The maximum absolute atomic E-state index is 12.8. The van der Waals surface area contributed by atoms with Gasteiger partial charge in [0.1, 0.15) is 5.82 Å². The Hall–Kier alpha value is -1.49. The Morgan fingerprint density at radius 1 is 1.42 bits per heavy atom. The van der Waals surface area contributed by atoms with Crippen LogP contribution in [-0.4, -0.2) is 28.9 Å². The smallest absolute Gasteiger partial charge is 0.227 e. The number of thiocarbonyl (C=S) groups is 1. The van der Waals surface area contributed by atoms with Crippen molar-refractivity contribution in [2.45, 2.75) is 20.3 Å². The summed E-state index contributed by atoms with van der Waals surface area (Å²) in [4.78, 5) is 14.3. The molecule has 5 heteroatoms. The van der Waals surface area contributed by atoms with E-state index in [1.807, 2.05) is 13.8 Å². The molecule has 0 aliphatic carbocycles. The highest BCUT2D eigenvalue weighted by Crippen LogP contribution is 2.07. The van der Waals surface area contributed by atoms with E-state index in [0.717, 1.165) is 5.56 Å². The van der Waals surface area contributed by atoms with Crippen molar-refractivity contribution in [1.82, 2.24) is 4.90 Å². The number of nitrogens with zero attached hydrogens (tertiary/aromatic N) is 1. The van der Waals surface area contributed by atoms with Crippen LogP contribution in [0.25, 0.3) is 0 Å². The van der Waals surface area contributed by atoms with E-state index >= 15 is 0 Å². The SMILES string of the molecule is CCN(CC(C)C(N)=S)C(=O)Cc1ccc(F)cc1. The first-order valence-corrected chi connectivity index (χ1v) is 6.66. The van der Waals surface area contributed by atoms with Gasteiger partial charge in [-0.15, -0.1) is 0 Å². The van der Waals surface area contributed by atoms with Gasteiger partial charge in [-0.2, -0.15) is 0 Å². The zero-order valence-corrected chi connectivity index (χ0v) is 12.0. The van der Waals surface area contributed by atoms with Gasteiger partial charge in [0.25, 0.3) is 0 Å². The van der Waals surface area contributed by atoms with Gasteiger partial charge in [0.05, 0.1) is 11.4 Å². The van der Waals surface area contributed by atoms with Crippen LogP contribution in [0.5, 0.6) is 0 Å². The minimum absolute atomic E-state index is 0.00259. The molecule has 1 unspecified atom stereocenters. The van der Waals surface area contributed by atoms with E-state index in [1.165, 1.54) is 12.1 Å². The molecule has 3 nitrogen and oxygen atoms in total. The predicted molar refractivity (Wildman–Crippen MR) is 78.3 cm³/mol. The summed E-state index contributed by atoms with van der Waals surface area (Å²) in [5, 5.41) is 0. The highest BCUT2D eigenvalue weighted by molar-refractivity contribution is 7.80. The highest BCUT2D eigenvalue weighted by Gasteiger charge is 2.16. The first-order chi connectivity index (χ1) is 8.93. The molecule has 1 aromatic rings. The lowest BCUT2D eigenvalue weighted by molar-refractivity contribution is -0.130. The number of hydrogen-bond acceptors (Lipinski definition) is 2. The lowest BCUT2D eigenvalue weighted by Crippen LogP contribution is -2.38. The van der Waals surface area contributed by atoms with Gasteiger partial charge in [0, 0.05) is 19.0 Å². The van der Waals surface area contributed by atoms with Gasteiger partial charge in [0.2, 0.25) is 5.91 Å². The van der Waals surface area contributed by atoms with Gasteiger partial charge in [-0.25, -0.2) is 4.39 Å². The molecule has 0 radical (unpaired) electrons. The van der Waals surface area contributed by atoms with Crippen LogP contribution >= 0.6 is 12.2 Å². The first kappa shape index (κ1) is 15.6. The second-order valence-electron chi connectivity index (χ2n) is 4.54. The Kier molecular flexibility index (Phi) is 5.89. The van der Waals surface area contributed by atoms with E-state index in [0.29, 0.717) is 18.1 Å². The summed E-state index contributed by atoms with van der Waals surface area (Å²) in [6, 6.07) is 5.96. The quantitative estimate of drug-likeness (QED) is 0.813. The van der Waals surface area contributed by atoms with Crippen molar-refractivity contribution in [1.29, 1.82) is 0 Å². The van der Waals surface area contributed by atoms with Crippen LogP contribution in [0.2, 0.25) is 0 Å². The molecule has 1 rings (SSSR count). The number of halogens is 1. The average molecular weight is 282 g/mol. The van der Waals surface area contributed by atoms with Gasteiger partial charge in [-0.3, -0.25) is 4.79 Å². The lowest BCUT2D eigenvalue weighted by atomic mass is 10.1. The number of nitrogens with two attached hydrogens (primary N) is 1. The van der Waals surface area contributed by atoms with Crippen LogP contribution in [0.4, 0.5) is 4.39 Å². The minimum Gasteiger partial charge on any atom is -0.393 e. The van der Waals surface area contributed by atoms with Gasteiger partial charge < -0.3 is 10.6 Å². The Morgan fingerprint density at radius 2 is 2.00 bits per heavy atom. The van der Waals surface area contributed by atoms with Crippen LogP contribution in [0, 0.1) is 11.7 Å². The molecule has 1 aromatic carbocycles. The Morgan fingerprint density at radius 3 is 2.47 bits per heavy atom. The number of likely N-dealkylation sites (N-methyl/N-ethyl adjacent to an activating group) is 1. The van der Waals surface area contributed by atoms with Gasteiger partial charge >= 0.3 is 0 Å². The molecule has 19 heavy (non-hydrogen) atoms. The lowest BCUT2D eigenvalue weighted by Gasteiger charge is -2.24. The normalized spacial score (nSPS) is 11.9. The molecular weight excluding hydrogens is 263 g/mol. The molecule has 0 saturated carbocycles. The second-order valence-corrected chi connectivity index (χ2v) is 5.01. The second kappa shape index (κ2) is 7.19. The van der Waals surface area contributed by atoms with Crippen molar-refractivity contribution < 1.29 is 9.18 Å². The molecule has 0 heterocycles. The van der Waals surface area contributed by atoms with E-state index in [4.69, 9.17) is 18.0 Å². The molecule has 0 bridgehead atoms. The number of carbonyl (C=O) groups excluding carboxylic acids is 1. The van der Waals surface area contributed by atoms with Gasteiger partial charge in [-0.1, -0.05) is 31.3 Å². The Bertz CT molecular complexity index is 447. The van der Waals surface area contributed by atoms with Crippen molar-refractivity contribution in [3.63, 3.8) is 0 Å². The molecule has 0 spiro atoms. The van der Waals surface area contributed by atoms with Crippen LogP contribution in [0.1, 0.15) is 19.4 Å². The summed E-state index contributed by atoms with van der Waals surface area (Å²) in [7, 11) is 0. The van der Waals surface area contributed by atoms with Crippen molar-refractivity contribution in [3.05, 3.63) is 35.6 Å². The summed E-state index contributed by atoms with van der Waals surface area (Å²) in [5.74, 6) is -0.310. The highest BCUT2D eigenvalue weighted by atomic mass is 32.1. The third kappa shape index (κ3) is 4.95. The monoisotopic (exact) mass is 282 g/mol. The molecule has 1 atom stereocenters. The molecule has 0 saturated heterocycles. The number of rotatable bonds is 6. The molecule has 0 fully saturated rings. The van der Waals surface area contributed by atoms with Gasteiger partial charge in [-0.05, 0) is 24.6 Å². The number of carbonyl (C=O) groups is 1. The number of hydrogen-bond donors (Lipinski definition) is 1. The standard InChI is InChI=1S/C14H19FN2OS/c1-3-17(9-10(2)14(16)19)13(18)8-11-4-6-12(15)7-5-11/h4-7,10H,3,8-9H2,1-2H3,(H2,16,19). The summed E-state index contributed by atoms with van der Waals surface area (Å²) < 4.78 is 12.8. The van der Waals surface area contributed by atoms with Crippen molar-refractivity contribution in [2.75, 3.05) is 13.1 Å². The molecule has 0 aliphatic heterocycles. The van der Waals surface area contributed by atoms with E-state index in [2.05, 4.69) is 0 Å². The third-order valence-electron chi connectivity index (χ3n) is 2.98. The summed E-state index contributed by atoms with van der Waals surface area (Å²) in [6.45, 7) is 4.93. The van der Waals surface area contributed by atoms with E-state index in [1.54, 1.807) is 17.0 Å². The maximum Gasteiger partial charge on any atom is 0.227 e. The average Bonchev–Trinajstić information content (AvgIpc) is 2.38. The fourth-order valence-electron chi connectivity index (χ4n) is 1.72. The summed E-state index contributed by atoms with van der Waals surface area (Å²) in [6.07, 6.45) is 0.262. The Balaban J connectivity index is 2.63. The zero-order chi connectivity index (χ0) is 14.4. The van der Waals surface area contributed by atoms with E-state index in [-0.39, 0.29) is 24.1 Å². The van der Waals surface area contributed by atoms with Crippen LogP contribution < -0.4 is 5.73 Å². The predicted octanol–water partition coefficient (Wildman–Crippen LogP) is 2.14. The van der Waals surface area contributed by atoms with Gasteiger partial charge in [0.15, 0.2) is 0 Å². The number of amides is 1.